The fraction of sp³-hybridized carbons (Fsp3) is 0.130. The number of aryl methyl sites for hydroxylation is 1. The quantitative estimate of drug-likeness (QED) is 0.448. The summed E-state index contributed by atoms with van der Waals surface area (Å²) in [6, 6.07) is 25.0. The van der Waals surface area contributed by atoms with Crippen molar-refractivity contribution in [2.75, 3.05) is 6.54 Å². The zero-order chi connectivity index (χ0) is 19.4. The summed E-state index contributed by atoms with van der Waals surface area (Å²) in [5.41, 5.74) is 4.21. The van der Waals surface area contributed by atoms with E-state index < -0.39 is 10.0 Å². The molecule has 0 radical (unpaired) electrons. The van der Waals surface area contributed by atoms with E-state index >= 15 is 0 Å². The van der Waals surface area contributed by atoms with Crippen molar-refractivity contribution in [1.29, 1.82) is 0 Å². The van der Waals surface area contributed by atoms with Crippen LogP contribution in [0.5, 0.6) is 0 Å². The molecule has 0 aliphatic rings. The minimum absolute atomic E-state index is 0.293. The Kier molecular flexibility index (Phi) is 5.28. The van der Waals surface area contributed by atoms with E-state index in [0.717, 1.165) is 29.5 Å². The summed E-state index contributed by atoms with van der Waals surface area (Å²) in [7, 11) is -3.53. The van der Waals surface area contributed by atoms with Crippen LogP contribution in [0.3, 0.4) is 0 Å². The van der Waals surface area contributed by atoms with E-state index in [1.165, 1.54) is 10.9 Å². The summed E-state index contributed by atoms with van der Waals surface area (Å²) in [6.45, 7) is 0.400. The summed E-state index contributed by atoms with van der Waals surface area (Å²) in [5.74, 6) is 0. The average molecular weight is 391 g/mol. The average Bonchev–Trinajstić information content (AvgIpc) is 3.15. The first-order valence-corrected chi connectivity index (χ1v) is 10.8. The Labute approximate surface area is 165 Å². The van der Waals surface area contributed by atoms with Gasteiger partial charge in [-0.15, -0.1) is 0 Å². The number of H-pyrrole nitrogens is 1. The Hall–Kier alpha value is -2.89. The molecule has 0 amide bonds. The van der Waals surface area contributed by atoms with E-state index in [4.69, 9.17) is 0 Å². The molecule has 142 valence electrons. The molecule has 0 spiro atoms. The predicted molar refractivity (Wildman–Crippen MR) is 114 cm³/mol. The van der Waals surface area contributed by atoms with Crippen LogP contribution in [0.25, 0.3) is 22.0 Å². The molecule has 0 saturated carbocycles. The van der Waals surface area contributed by atoms with Crippen LogP contribution in [0, 0.1) is 0 Å². The molecule has 4 nitrogen and oxygen atoms in total. The third-order valence-corrected chi connectivity index (χ3v) is 6.30. The first-order valence-electron chi connectivity index (χ1n) is 9.34. The number of aromatic nitrogens is 1. The standard InChI is InChI=1S/C23H22N2O2S/c26-28(27,21-12-6-10-19(16-21)18-8-2-1-3-9-18)25-15-7-11-20-17-24-23-14-5-4-13-22(20)23/h1-6,8-10,12-14,16-17,24-25H,7,11,15H2. The van der Waals surface area contributed by atoms with Gasteiger partial charge in [-0.1, -0.05) is 60.7 Å². The van der Waals surface area contributed by atoms with Gasteiger partial charge < -0.3 is 4.98 Å². The topological polar surface area (TPSA) is 62.0 Å². The molecule has 1 heterocycles. The maximum absolute atomic E-state index is 12.7. The molecular formula is C23H22N2O2S. The highest BCUT2D eigenvalue weighted by Crippen LogP contribution is 2.22. The minimum Gasteiger partial charge on any atom is -0.361 e. The van der Waals surface area contributed by atoms with Gasteiger partial charge in [-0.25, -0.2) is 13.1 Å². The van der Waals surface area contributed by atoms with Crippen LogP contribution in [0.4, 0.5) is 0 Å². The number of fused-ring (bicyclic) bond motifs is 1. The van der Waals surface area contributed by atoms with Crippen LogP contribution in [0.1, 0.15) is 12.0 Å². The molecular weight excluding hydrogens is 368 g/mol. The number of benzene rings is 3. The van der Waals surface area contributed by atoms with Gasteiger partial charge in [0.15, 0.2) is 0 Å². The lowest BCUT2D eigenvalue weighted by molar-refractivity contribution is 0.579. The number of hydrogen-bond acceptors (Lipinski definition) is 2. The smallest absolute Gasteiger partial charge is 0.240 e. The van der Waals surface area contributed by atoms with Crippen molar-refractivity contribution in [1.82, 2.24) is 9.71 Å². The highest BCUT2D eigenvalue weighted by Gasteiger charge is 2.14. The lowest BCUT2D eigenvalue weighted by Crippen LogP contribution is -2.25. The first kappa shape index (κ1) is 18.5. The summed E-state index contributed by atoms with van der Waals surface area (Å²) >= 11 is 0. The largest absolute Gasteiger partial charge is 0.361 e. The fourth-order valence-electron chi connectivity index (χ4n) is 3.38. The molecule has 4 aromatic rings. The Morgan fingerprint density at radius 3 is 2.43 bits per heavy atom. The summed E-state index contributed by atoms with van der Waals surface area (Å²) < 4.78 is 28.1. The normalized spacial score (nSPS) is 11.7. The molecule has 5 heteroatoms. The zero-order valence-electron chi connectivity index (χ0n) is 15.4. The molecule has 0 fully saturated rings. The van der Waals surface area contributed by atoms with Crippen molar-refractivity contribution in [2.24, 2.45) is 0 Å². The molecule has 0 aliphatic carbocycles. The van der Waals surface area contributed by atoms with E-state index in [-0.39, 0.29) is 0 Å². The van der Waals surface area contributed by atoms with Crippen LogP contribution in [-0.4, -0.2) is 19.9 Å². The van der Waals surface area contributed by atoms with E-state index in [2.05, 4.69) is 15.8 Å². The van der Waals surface area contributed by atoms with Crippen molar-refractivity contribution in [3.05, 3.63) is 90.6 Å². The van der Waals surface area contributed by atoms with Crippen LogP contribution < -0.4 is 4.72 Å². The van der Waals surface area contributed by atoms with Crippen molar-refractivity contribution in [3.8, 4) is 11.1 Å². The van der Waals surface area contributed by atoms with E-state index in [1.54, 1.807) is 18.2 Å². The maximum atomic E-state index is 12.7. The molecule has 0 bridgehead atoms. The van der Waals surface area contributed by atoms with Crippen molar-refractivity contribution < 1.29 is 8.42 Å². The van der Waals surface area contributed by atoms with E-state index in [1.807, 2.05) is 60.8 Å². The van der Waals surface area contributed by atoms with Crippen LogP contribution in [0.2, 0.25) is 0 Å². The molecule has 1 aromatic heterocycles. The number of hydrogen-bond donors (Lipinski definition) is 2. The van der Waals surface area contributed by atoms with Crippen molar-refractivity contribution >= 4 is 20.9 Å². The van der Waals surface area contributed by atoms with Gasteiger partial charge in [0.05, 0.1) is 4.90 Å². The van der Waals surface area contributed by atoms with Gasteiger partial charge in [0, 0.05) is 23.6 Å². The lowest BCUT2D eigenvalue weighted by Gasteiger charge is -2.09. The van der Waals surface area contributed by atoms with Gasteiger partial charge in [0.25, 0.3) is 0 Å². The van der Waals surface area contributed by atoms with Crippen molar-refractivity contribution in [2.45, 2.75) is 17.7 Å². The third-order valence-electron chi connectivity index (χ3n) is 4.84. The fourth-order valence-corrected chi connectivity index (χ4v) is 4.50. The maximum Gasteiger partial charge on any atom is 0.240 e. The van der Waals surface area contributed by atoms with Gasteiger partial charge >= 0.3 is 0 Å². The molecule has 0 unspecified atom stereocenters. The third kappa shape index (κ3) is 4.01. The summed E-state index contributed by atoms with van der Waals surface area (Å²) in [4.78, 5) is 3.55. The highest BCUT2D eigenvalue weighted by molar-refractivity contribution is 7.89. The van der Waals surface area contributed by atoms with Crippen LogP contribution in [-0.2, 0) is 16.4 Å². The van der Waals surface area contributed by atoms with E-state index in [9.17, 15) is 8.42 Å². The minimum atomic E-state index is -3.53. The van der Waals surface area contributed by atoms with E-state index in [0.29, 0.717) is 11.4 Å². The Morgan fingerprint density at radius 1 is 0.821 bits per heavy atom. The first-order chi connectivity index (χ1) is 13.6. The number of sulfonamides is 1. The Bertz CT molecular complexity index is 1180. The Balaban J connectivity index is 1.41. The molecule has 0 aliphatic heterocycles. The Morgan fingerprint density at radius 2 is 1.57 bits per heavy atom. The van der Waals surface area contributed by atoms with Gasteiger partial charge in [0.1, 0.15) is 0 Å². The molecule has 3 aromatic carbocycles. The predicted octanol–water partition coefficient (Wildman–Crippen LogP) is 4.75. The number of aromatic amines is 1. The van der Waals surface area contributed by atoms with Gasteiger partial charge in [0.2, 0.25) is 10.0 Å². The highest BCUT2D eigenvalue weighted by atomic mass is 32.2. The van der Waals surface area contributed by atoms with Gasteiger partial charge in [-0.3, -0.25) is 0 Å². The SMILES string of the molecule is O=S(=O)(NCCCc1c[nH]c2ccccc12)c1cccc(-c2ccccc2)c1. The zero-order valence-corrected chi connectivity index (χ0v) is 16.2. The second-order valence-corrected chi connectivity index (χ2v) is 8.52. The monoisotopic (exact) mass is 390 g/mol. The molecule has 0 atom stereocenters. The lowest BCUT2D eigenvalue weighted by atomic mass is 10.1. The second-order valence-electron chi connectivity index (χ2n) is 6.75. The number of nitrogens with one attached hydrogen (secondary N) is 2. The summed E-state index contributed by atoms with van der Waals surface area (Å²) in [5, 5.41) is 1.20. The second kappa shape index (κ2) is 8.00. The van der Waals surface area contributed by atoms with Crippen LogP contribution >= 0.6 is 0 Å². The van der Waals surface area contributed by atoms with Crippen molar-refractivity contribution in [3.63, 3.8) is 0 Å². The number of para-hydroxylation sites is 1. The number of rotatable bonds is 7. The van der Waals surface area contributed by atoms with Gasteiger partial charge in [-0.05, 0) is 47.7 Å². The van der Waals surface area contributed by atoms with Gasteiger partial charge in [-0.2, -0.15) is 0 Å². The molecule has 28 heavy (non-hydrogen) atoms. The molecule has 2 N–H and O–H groups in total. The molecule has 4 rings (SSSR count). The van der Waals surface area contributed by atoms with Crippen LogP contribution in [0.15, 0.2) is 90.0 Å². The molecule has 0 saturated heterocycles. The summed E-state index contributed by atoms with van der Waals surface area (Å²) in [6.07, 6.45) is 3.55.